The molecule has 0 spiro atoms. The molecule has 2 bridgehead atoms. The zero-order valence-electron chi connectivity index (χ0n) is 6.67. The zero-order valence-corrected chi connectivity index (χ0v) is 6.67. The third kappa shape index (κ3) is 0.736. The van der Waals surface area contributed by atoms with Crippen LogP contribution in [-0.4, -0.2) is 24.2 Å². The second kappa shape index (κ2) is 1.79. The van der Waals surface area contributed by atoms with Gasteiger partial charge in [0.2, 0.25) is 5.91 Å². The maximum atomic E-state index is 5.69. The van der Waals surface area contributed by atoms with E-state index in [1.807, 2.05) is 6.92 Å². The zero-order chi connectivity index (χ0) is 7.47. The van der Waals surface area contributed by atoms with Crippen LogP contribution in [0, 0.1) is 0 Å². The van der Waals surface area contributed by atoms with Gasteiger partial charge in [0.1, 0.15) is 6.10 Å². The van der Waals surface area contributed by atoms with Gasteiger partial charge in [-0.15, -0.1) is 0 Å². The molecule has 0 aromatic carbocycles. The fraction of sp³-hybridized carbons (Fsp3) is 1.00. The van der Waals surface area contributed by atoms with Crippen LogP contribution in [0.25, 0.3) is 0 Å². The van der Waals surface area contributed by atoms with Crippen LogP contribution in [0.2, 0.25) is 0 Å². The summed E-state index contributed by atoms with van der Waals surface area (Å²) in [5.41, 5.74) is 0. The average Bonchev–Trinajstić information content (AvgIpc) is 2.37. The van der Waals surface area contributed by atoms with Gasteiger partial charge in [0.05, 0.1) is 6.10 Å². The lowest BCUT2D eigenvalue weighted by Gasteiger charge is -2.34. The van der Waals surface area contributed by atoms with Crippen molar-refractivity contribution >= 4 is 0 Å². The molecule has 2 heterocycles. The maximum Gasteiger partial charge on any atom is 0.225 e. The van der Waals surface area contributed by atoms with E-state index in [0.717, 1.165) is 0 Å². The molecular weight excluding hydrogens is 142 g/mol. The molecule has 11 heavy (non-hydrogen) atoms. The maximum absolute atomic E-state index is 5.69. The monoisotopic (exact) mass is 155 g/mol. The molecule has 3 fully saturated rings. The highest BCUT2D eigenvalue weighted by Crippen LogP contribution is 2.41. The summed E-state index contributed by atoms with van der Waals surface area (Å²) in [4.78, 5) is 0. The Morgan fingerprint density at radius 2 is 2.27 bits per heavy atom. The Morgan fingerprint density at radius 3 is 2.91 bits per heavy atom. The van der Waals surface area contributed by atoms with Crippen LogP contribution < -0.4 is 5.32 Å². The summed E-state index contributed by atoms with van der Waals surface area (Å²) in [5, 5.41) is 3.35. The van der Waals surface area contributed by atoms with E-state index < -0.39 is 5.91 Å². The quantitative estimate of drug-likeness (QED) is 0.555. The summed E-state index contributed by atoms with van der Waals surface area (Å²) in [6, 6.07) is 0.562. The number of hydrogen-bond acceptors (Lipinski definition) is 3. The minimum Gasteiger partial charge on any atom is -0.331 e. The van der Waals surface area contributed by atoms with Gasteiger partial charge < -0.3 is 9.47 Å². The minimum absolute atomic E-state index is 0.341. The van der Waals surface area contributed by atoms with Crippen LogP contribution in [0.1, 0.15) is 26.2 Å². The molecule has 2 aliphatic heterocycles. The lowest BCUT2D eigenvalue weighted by atomic mass is 9.90. The third-order valence-electron chi connectivity index (χ3n) is 2.95. The van der Waals surface area contributed by atoms with Crippen molar-refractivity contribution in [1.82, 2.24) is 5.32 Å². The summed E-state index contributed by atoms with van der Waals surface area (Å²) in [7, 11) is 0. The first-order valence-corrected chi connectivity index (χ1v) is 4.40. The van der Waals surface area contributed by atoms with Crippen molar-refractivity contribution in [3.8, 4) is 0 Å². The highest BCUT2D eigenvalue weighted by atomic mass is 16.8. The van der Waals surface area contributed by atoms with E-state index in [0.29, 0.717) is 18.2 Å². The predicted molar refractivity (Wildman–Crippen MR) is 38.9 cm³/mol. The largest absolute Gasteiger partial charge is 0.331 e. The Bertz CT molecular complexity index is 175. The van der Waals surface area contributed by atoms with E-state index in [2.05, 4.69) is 5.32 Å². The average molecular weight is 155 g/mol. The van der Waals surface area contributed by atoms with Gasteiger partial charge in [0.15, 0.2) is 0 Å². The van der Waals surface area contributed by atoms with Crippen molar-refractivity contribution in [1.29, 1.82) is 0 Å². The lowest BCUT2D eigenvalue weighted by molar-refractivity contribution is -0.165. The second-order valence-corrected chi connectivity index (χ2v) is 3.87. The van der Waals surface area contributed by atoms with Gasteiger partial charge in [-0.25, -0.2) is 0 Å². The number of nitrogens with one attached hydrogen (secondary N) is 1. The molecule has 1 aliphatic carbocycles. The molecule has 3 nitrogen and oxygen atoms in total. The Labute approximate surface area is 66.1 Å². The topological polar surface area (TPSA) is 30.5 Å². The van der Waals surface area contributed by atoms with Crippen molar-refractivity contribution in [2.24, 2.45) is 0 Å². The van der Waals surface area contributed by atoms with E-state index in [4.69, 9.17) is 9.47 Å². The molecule has 0 radical (unpaired) electrons. The molecule has 0 amide bonds. The standard InChI is InChI=1S/C8H13NO2/c1-8-9-5-3-2-4-6(10-8)7(5)11-8/h5-7,9H,2-4H2,1H3. The van der Waals surface area contributed by atoms with Crippen LogP contribution in [0.3, 0.4) is 0 Å². The first kappa shape index (κ1) is 6.40. The summed E-state index contributed by atoms with van der Waals surface area (Å²) in [6.45, 7) is 1.98. The van der Waals surface area contributed by atoms with E-state index in [1.165, 1.54) is 19.3 Å². The molecule has 62 valence electrons. The number of fused-ring (bicyclic) bond motifs is 1. The molecule has 1 saturated carbocycles. The molecule has 3 rings (SSSR count). The highest BCUT2D eigenvalue weighted by molar-refractivity contribution is 5.01. The Balaban J connectivity index is 1.94. The normalized spacial score (nSPS) is 60.3. The fourth-order valence-corrected chi connectivity index (χ4v) is 2.55. The Hall–Kier alpha value is -0.120. The molecule has 1 N–H and O–H groups in total. The van der Waals surface area contributed by atoms with Gasteiger partial charge >= 0.3 is 0 Å². The van der Waals surface area contributed by atoms with Gasteiger partial charge in [-0.1, -0.05) is 0 Å². The van der Waals surface area contributed by atoms with Crippen LogP contribution in [0.15, 0.2) is 0 Å². The number of hydrogen-bond donors (Lipinski definition) is 1. The SMILES string of the molecule is CC12NC3CCCC(O1)C3O2. The van der Waals surface area contributed by atoms with Gasteiger partial charge in [0, 0.05) is 13.0 Å². The highest BCUT2D eigenvalue weighted by Gasteiger charge is 2.56. The van der Waals surface area contributed by atoms with Crippen molar-refractivity contribution in [3.05, 3.63) is 0 Å². The van der Waals surface area contributed by atoms with Crippen molar-refractivity contribution in [2.75, 3.05) is 0 Å². The predicted octanol–water partition coefficient (Wildman–Crippen LogP) is 0.600. The van der Waals surface area contributed by atoms with Gasteiger partial charge in [0.25, 0.3) is 0 Å². The van der Waals surface area contributed by atoms with Gasteiger partial charge in [-0.3, -0.25) is 5.32 Å². The van der Waals surface area contributed by atoms with Gasteiger partial charge in [-0.05, 0) is 19.3 Å². The fourth-order valence-electron chi connectivity index (χ4n) is 2.55. The molecule has 4 unspecified atom stereocenters. The van der Waals surface area contributed by atoms with Gasteiger partial charge in [-0.2, -0.15) is 0 Å². The first-order valence-electron chi connectivity index (χ1n) is 4.40. The first-order chi connectivity index (χ1) is 5.27. The smallest absolute Gasteiger partial charge is 0.225 e. The minimum atomic E-state index is -0.444. The van der Waals surface area contributed by atoms with E-state index in [-0.39, 0.29) is 0 Å². The van der Waals surface area contributed by atoms with Crippen LogP contribution >= 0.6 is 0 Å². The van der Waals surface area contributed by atoms with E-state index in [9.17, 15) is 0 Å². The molecular formula is C8H13NO2. The lowest BCUT2D eigenvalue weighted by Crippen LogP contribution is -2.53. The molecule has 3 heteroatoms. The Morgan fingerprint density at radius 1 is 1.36 bits per heavy atom. The van der Waals surface area contributed by atoms with Crippen molar-refractivity contribution in [2.45, 2.75) is 50.3 Å². The van der Waals surface area contributed by atoms with Crippen LogP contribution in [0.4, 0.5) is 0 Å². The second-order valence-electron chi connectivity index (χ2n) is 3.87. The summed E-state index contributed by atoms with van der Waals surface area (Å²) in [5.74, 6) is -0.444. The van der Waals surface area contributed by atoms with Crippen molar-refractivity contribution < 1.29 is 9.47 Å². The summed E-state index contributed by atoms with van der Waals surface area (Å²) in [6.07, 6.45) is 4.42. The van der Waals surface area contributed by atoms with Crippen molar-refractivity contribution in [3.63, 3.8) is 0 Å². The van der Waals surface area contributed by atoms with Crippen LogP contribution in [0.5, 0.6) is 0 Å². The summed E-state index contributed by atoms with van der Waals surface area (Å²) >= 11 is 0. The number of ether oxygens (including phenoxy) is 2. The van der Waals surface area contributed by atoms with Crippen LogP contribution in [-0.2, 0) is 9.47 Å². The molecule has 2 saturated heterocycles. The summed E-state index contributed by atoms with van der Waals surface area (Å²) < 4.78 is 11.4. The van der Waals surface area contributed by atoms with E-state index >= 15 is 0 Å². The van der Waals surface area contributed by atoms with E-state index in [1.54, 1.807) is 0 Å². The molecule has 0 aromatic rings. The Kier molecular flexibility index (Phi) is 1.04. The molecule has 4 atom stereocenters. The number of rotatable bonds is 0. The third-order valence-corrected chi connectivity index (χ3v) is 2.95. The molecule has 3 aliphatic rings. The molecule has 0 aromatic heterocycles.